The third-order valence-corrected chi connectivity index (χ3v) is 3.72. The molecule has 1 rings (SSSR count). The van der Waals surface area contributed by atoms with Crippen LogP contribution in [0, 0.1) is 5.82 Å². The molecule has 0 aliphatic heterocycles. The Morgan fingerprint density at radius 1 is 1.11 bits per heavy atom. The predicted molar refractivity (Wildman–Crippen MR) is 78.0 cm³/mol. The number of carbonyl (C=O) groups is 1. The molecular weight excluding hydrogens is 263 g/mol. The van der Waals surface area contributed by atoms with E-state index in [4.69, 9.17) is 11.6 Å². The first-order valence-electron chi connectivity index (χ1n) is 7.07. The van der Waals surface area contributed by atoms with Gasteiger partial charge in [-0.25, -0.2) is 4.39 Å². The highest BCUT2D eigenvalue weighted by Crippen LogP contribution is 2.24. The Morgan fingerprint density at radius 3 is 2.32 bits per heavy atom. The van der Waals surface area contributed by atoms with Crippen molar-refractivity contribution in [3.8, 4) is 0 Å². The molecule has 1 nitrogen and oxygen atoms in total. The fourth-order valence-electron chi connectivity index (χ4n) is 2.02. The number of ketones is 1. The van der Waals surface area contributed by atoms with Crippen molar-refractivity contribution in [1.29, 1.82) is 0 Å². The van der Waals surface area contributed by atoms with Crippen molar-refractivity contribution < 1.29 is 9.18 Å². The van der Waals surface area contributed by atoms with Crippen LogP contribution in [0.15, 0.2) is 24.3 Å². The molecule has 0 N–H and O–H groups in total. The topological polar surface area (TPSA) is 17.1 Å². The van der Waals surface area contributed by atoms with E-state index in [1.807, 2.05) is 0 Å². The Morgan fingerprint density at radius 2 is 1.68 bits per heavy atom. The van der Waals surface area contributed by atoms with E-state index < -0.39 is 5.38 Å². The van der Waals surface area contributed by atoms with Crippen LogP contribution in [0.4, 0.5) is 4.39 Å². The Hall–Kier alpha value is -0.890. The summed E-state index contributed by atoms with van der Waals surface area (Å²) in [4.78, 5) is 11.9. The molecular formula is C16H22ClFO. The van der Waals surface area contributed by atoms with Crippen molar-refractivity contribution in [2.45, 2.75) is 57.2 Å². The quantitative estimate of drug-likeness (QED) is 0.437. The minimum atomic E-state index is -0.642. The molecule has 1 unspecified atom stereocenters. The molecule has 0 aliphatic rings. The lowest BCUT2D eigenvalue weighted by atomic mass is 10.0. The van der Waals surface area contributed by atoms with Crippen molar-refractivity contribution in [2.75, 3.05) is 0 Å². The summed E-state index contributed by atoms with van der Waals surface area (Å²) in [5, 5.41) is -0.642. The van der Waals surface area contributed by atoms with Crippen molar-refractivity contribution in [1.82, 2.24) is 0 Å². The van der Waals surface area contributed by atoms with Crippen LogP contribution in [0.5, 0.6) is 0 Å². The highest BCUT2D eigenvalue weighted by atomic mass is 35.5. The summed E-state index contributed by atoms with van der Waals surface area (Å²) in [6, 6.07) is 5.82. The molecule has 0 spiro atoms. The van der Waals surface area contributed by atoms with E-state index in [2.05, 4.69) is 6.92 Å². The lowest BCUT2D eigenvalue weighted by molar-refractivity contribution is -0.118. The average Bonchev–Trinajstić information content (AvgIpc) is 2.42. The van der Waals surface area contributed by atoms with E-state index in [1.54, 1.807) is 12.1 Å². The zero-order valence-electron chi connectivity index (χ0n) is 11.5. The van der Waals surface area contributed by atoms with Crippen LogP contribution in [0.3, 0.4) is 0 Å². The van der Waals surface area contributed by atoms with Gasteiger partial charge in [0.15, 0.2) is 5.78 Å². The molecule has 0 saturated heterocycles. The molecule has 19 heavy (non-hydrogen) atoms. The molecule has 1 aromatic carbocycles. The van der Waals surface area contributed by atoms with Crippen molar-refractivity contribution in [2.24, 2.45) is 0 Å². The minimum absolute atomic E-state index is 0.0313. The van der Waals surface area contributed by atoms with E-state index in [0.717, 1.165) is 12.8 Å². The molecule has 0 bridgehead atoms. The van der Waals surface area contributed by atoms with Gasteiger partial charge in [-0.05, 0) is 24.1 Å². The summed E-state index contributed by atoms with van der Waals surface area (Å²) in [5.41, 5.74) is 0.680. The first kappa shape index (κ1) is 16.2. The van der Waals surface area contributed by atoms with Gasteiger partial charge in [0.2, 0.25) is 0 Å². The molecule has 0 aromatic heterocycles. The van der Waals surface area contributed by atoms with Gasteiger partial charge in [-0.15, -0.1) is 11.6 Å². The predicted octanol–water partition coefficient (Wildman–Crippen LogP) is 5.43. The highest BCUT2D eigenvalue weighted by Gasteiger charge is 2.16. The molecule has 0 fully saturated rings. The van der Waals surface area contributed by atoms with E-state index >= 15 is 0 Å². The minimum Gasteiger partial charge on any atom is -0.298 e. The SMILES string of the molecule is CCCCCCCCC(=O)C(Cl)c1ccc(F)cc1. The maximum absolute atomic E-state index is 12.8. The van der Waals surface area contributed by atoms with Crippen molar-refractivity contribution >= 4 is 17.4 Å². The van der Waals surface area contributed by atoms with Gasteiger partial charge in [-0.1, -0.05) is 51.2 Å². The number of benzene rings is 1. The number of hydrogen-bond donors (Lipinski definition) is 0. The molecule has 106 valence electrons. The standard InChI is InChI=1S/C16H22ClFO/c1-2-3-4-5-6-7-8-15(19)16(17)13-9-11-14(18)12-10-13/h9-12,16H,2-8H2,1H3. The van der Waals surface area contributed by atoms with Crippen LogP contribution >= 0.6 is 11.6 Å². The van der Waals surface area contributed by atoms with Crippen molar-refractivity contribution in [3.05, 3.63) is 35.6 Å². The number of rotatable bonds is 9. The van der Waals surface area contributed by atoms with Crippen LogP contribution in [0.25, 0.3) is 0 Å². The third kappa shape index (κ3) is 6.20. The molecule has 1 atom stereocenters. The molecule has 0 saturated carbocycles. The summed E-state index contributed by atoms with van der Waals surface area (Å²) in [6.45, 7) is 2.18. The van der Waals surface area contributed by atoms with Gasteiger partial charge in [-0.3, -0.25) is 4.79 Å². The molecule has 0 radical (unpaired) electrons. The number of carbonyl (C=O) groups excluding carboxylic acids is 1. The van der Waals surface area contributed by atoms with Gasteiger partial charge in [0.25, 0.3) is 0 Å². The monoisotopic (exact) mass is 284 g/mol. The smallest absolute Gasteiger partial charge is 0.155 e. The second-order valence-corrected chi connectivity index (χ2v) is 5.33. The van der Waals surface area contributed by atoms with Gasteiger partial charge < -0.3 is 0 Å². The average molecular weight is 285 g/mol. The van der Waals surface area contributed by atoms with Crippen LogP contribution in [0.1, 0.15) is 62.8 Å². The molecule has 0 amide bonds. The maximum atomic E-state index is 12.8. The highest BCUT2D eigenvalue weighted by molar-refractivity contribution is 6.31. The lowest BCUT2D eigenvalue weighted by Gasteiger charge is -2.08. The largest absolute Gasteiger partial charge is 0.298 e. The summed E-state index contributed by atoms with van der Waals surface area (Å²) in [7, 11) is 0. The summed E-state index contributed by atoms with van der Waals surface area (Å²) in [5.74, 6) is -0.278. The maximum Gasteiger partial charge on any atom is 0.155 e. The first-order chi connectivity index (χ1) is 9.15. The normalized spacial score (nSPS) is 12.4. The summed E-state index contributed by atoms with van der Waals surface area (Å²) in [6.07, 6.45) is 7.41. The van der Waals surface area contributed by atoms with Crippen LogP contribution < -0.4 is 0 Å². The zero-order chi connectivity index (χ0) is 14.1. The summed E-state index contributed by atoms with van der Waals surface area (Å²) < 4.78 is 12.8. The van der Waals surface area contributed by atoms with E-state index in [0.29, 0.717) is 12.0 Å². The third-order valence-electron chi connectivity index (χ3n) is 3.22. The van der Waals surface area contributed by atoms with Crippen LogP contribution in [-0.4, -0.2) is 5.78 Å². The number of alkyl halides is 1. The molecule has 0 heterocycles. The van der Waals surface area contributed by atoms with Crippen LogP contribution in [-0.2, 0) is 4.79 Å². The van der Waals surface area contributed by atoms with Crippen LogP contribution in [0.2, 0.25) is 0 Å². The zero-order valence-corrected chi connectivity index (χ0v) is 12.3. The Kier molecular flexibility index (Phi) is 7.73. The summed E-state index contributed by atoms with van der Waals surface area (Å²) >= 11 is 6.10. The molecule has 1 aromatic rings. The van der Waals surface area contributed by atoms with Gasteiger partial charge in [0, 0.05) is 6.42 Å². The lowest BCUT2D eigenvalue weighted by Crippen LogP contribution is -2.06. The molecule has 0 aliphatic carbocycles. The van der Waals surface area contributed by atoms with Crippen molar-refractivity contribution in [3.63, 3.8) is 0 Å². The number of unbranched alkanes of at least 4 members (excludes halogenated alkanes) is 5. The van der Waals surface area contributed by atoms with Gasteiger partial charge in [0.05, 0.1) is 0 Å². The van der Waals surface area contributed by atoms with E-state index in [1.165, 1.54) is 37.8 Å². The van der Waals surface area contributed by atoms with Gasteiger partial charge in [0.1, 0.15) is 11.2 Å². The van der Waals surface area contributed by atoms with Gasteiger partial charge in [-0.2, -0.15) is 0 Å². The van der Waals surface area contributed by atoms with E-state index in [9.17, 15) is 9.18 Å². The number of halogens is 2. The second kappa shape index (κ2) is 9.08. The Labute approximate surface area is 120 Å². The Balaban J connectivity index is 2.27. The van der Waals surface area contributed by atoms with E-state index in [-0.39, 0.29) is 11.6 Å². The Bertz CT molecular complexity index is 375. The first-order valence-corrected chi connectivity index (χ1v) is 7.51. The fourth-order valence-corrected chi connectivity index (χ4v) is 2.28. The molecule has 3 heteroatoms. The number of hydrogen-bond acceptors (Lipinski definition) is 1. The fraction of sp³-hybridized carbons (Fsp3) is 0.562. The van der Waals surface area contributed by atoms with Gasteiger partial charge >= 0.3 is 0 Å². The second-order valence-electron chi connectivity index (χ2n) is 4.90. The number of Topliss-reactive ketones (excluding diaryl/α,β-unsaturated/α-hetero) is 1.